The molecule has 0 aromatic rings. The Kier molecular flexibility index (Phi) is 111. The van der Waals surface area contributed by atoms with Crippen LogP contribution in [-0.2, 0) is 0 Å². The minimum Gasteiger partial charge on any atom is -0.396 e. The highest BCUT2D eigenvalue weighted by Crippen LogP contribution is 2.41. The van der Waals surface area contributed by atoms with Gasteiger partial charge in [-0.2, -0.15) is 25.3 Å². The van der Waals surface area contributed by atoms with Crippen LogP contribution < -0.4 is 0 Å². The van der Waals surface area contributed by atoms with Gasteiger partial charge in [-0.05, 0) is 12.8 Å². The highest BCUT2D eigenvalue weighted by molar-refractivity contribution is 8.92. The van der Waals surface area contributed by atoms with Crippen molar-refractivity contribution >= 4 is 46.8 Å². The zero-order chi connectivity index (χ0) is 22.6. The van der Waals surface area contributed by atoms with Crippen LogP contribution in [0.25, 0.3) is 0 Å². The van der Waals surface area contributed by atoms with Crippen molar-refractivity contribution in [1.82, 2.24) is 0 Å². The third-order valence-corrected chi connectivity index (χ3v) is 3.32. The number of hydrogen-bond acceptors (Lipinski definition) is 5. The Balaban J connectivity index is -0.0000000488. The number of thiol groups is 2. The molecule has 1 aliphatic heterocycles. The van der Waals surface area contributed by atoms with E-state index in [1.165, 1.54) is 43.6 Å². The fourth-order valence-electron chi connectivity index (χ4n) is 0.566. The molecule has 1 heterocycles. The van der Waals surface area contributed by atoms with Crippen LogP contribution in [0.5, 0.6) is 0 Å². The average molecular weight is 463 g/mol. The smallest absolute Gasteiger partial charge is 0.0600 e. The maximum absolute atomic E-state index is 8.20. The van der Waals surface area contributed by atoms with E-state index in [2.05, 4.69) is 73.4 Å². The van der Waals surface area contributed by atoms with Gasteiger partial charge >= 0.3 is 0 Å². The first-order chi connectivity index (χ1) is 13.1. The van der Waals surface area contributed by atoms with Crippen LogP contribution in [0.1, 0.15) is 113 Å². The van der Waals surface area contributed by atoms with Gasteiger partial charge in [-0.3, -0.25) is 0 Å². The highest BCUT2D eigenvalue weighted by Gasteiger charge is 1.97. The van der Waals surface area contributed by atoms with Crippen molar-refractivity contribution in [3.05, 3.63) is 12.7 Å². The molecule has 1 fully saturated rings. The topological polar surface area (TPSA) is 20.2 Å². The monoisotopic (exact) mass is 462 g/mol. The normalized spacial score (nSPS) is 9.15. The summed E-state index contributed by atoms with van der Waals surface area (Å²) in [7, 11) is 3.83. The molecule has 1 nitrogen and oxygen atoms in total. The van der Waals surface area contributed by atoms with E-state index in [9.17, 15) is 0 Å². The quantitative estimate of drug-likeness (QED) is 0.0874. The van der Waals surface area contributed by atoms with Crippen LogP contribution in [0.3, 0.4) is 0 Å². The minimum absolute atomic E-state index is 0.355. The molecule has 27 heavy (non-hydrogen) atoms. The molecular weight excluding hydrogens is 409 g/mol. The lowest BCUT2D eigenvalue weighted by atomic mass is 10.3. The van der Waals surface area contributed by atoms with Gasteiger partial charge in [0.05, 0.1) is 5.08 Å². The molecule has 1 rings (SSSR count). The van der Waals surface area contributed by atoms with Gasteiger partial charge in [0.15, 0.2) is 0 Å². The lowest BCUT2D eigenvalue weighted by Crippen LogP contribution is -1.78. The summed E-state index contributed by atoms with van der Waals surface area (Å²) < 4.78 is 0. The van der Waals surface area contributed by atoms with Crippen molar-refractivity contribution < 1.29 is 5.11 Å². The molecule has 0 atom stereocenters. The second kappa shape index (κ2) is 71.2. The van der Waals surface area contributed by atoms with Crippen molar-refractivity contribution in [2.24, 2.45) is 0 Å². The summed E-state index contributed by atoms with van der Waals surface area (Å²) >= 11 is 7.31. The molecule has 0 radical (unpaired) electrons. The number of aliphatic hydroxyl groups is 1. The Morgan fingerprint density at radius 2 is 1.11 bits per heavy atom. The summed E-state index contributed by atoms with van der Waals surface area (Å²) in [4.78, 5) is 0. The molecule has 0 aromatic carbocycles. The van der Waals surface area contributed by atoms with Gasteiger partial charge in [0.2, 0.25) is 0 Å². The van der Waals surface area contributed by atoms with Gasteiger partial charge in [0, 0.05) is 11.7 Å². The van der Waals surface area contributed by atoms with E-state index in [1.54, 1.807) is 0 Å². The Morgan fingerprint density at radius 3 is 1.15 bits per heavy atom. The van der Waals surface area contributed by atoms with Gasteiger partial charge in [-0.25, -0.2) is 0 Å². The molecule has 0 aliphatic carbocycles. The molecule has 0 bridgehead atoms. The largest absolute Gasteiger partial charge is 0.396 e. The second-order valence-corrected chi connectivity index (χ2v) is 8.96. The summed E-state index contributed by atoms with van der Waals surface area (Å²) in [6.45, 7) is 20.9. The fraction of sp³-hybridized carbons (Fsp3) is 0.909. The SMILES string of the molecule is C1SS1.C=CCCC.CC.CCCC.CCCC.CCCCCO.SCS. The standard InChI is InChI=1S/C5H12O.C5H10.2C4H10.C2H6.CH2S2.CH4S2/c1-2-3-4-5-6;1-3-5-4-2;2*1-3-4-2;1-2;1-2-3-1;2-1-3/h6H,2-5H2,1H3;3H,1,4-5H2,2H3;2*3-4H2,1-2H3;1-2H3;1H2;2-3H,1H2. The van der Waals surface area contributed by atoms with Crippen LogP contribution in [0.4, 0.5) is 0 Å². The molecule has 172 valence electrons. The first-order valence-corrected chi connectivity index (χ1v) is 14.5. The Hall–Kier alpha value is 1.10. The zero-order valence-electron chi connectivity index (χ0n) is 19.9. The predicted octanol–water partition coefficient (Wildman–Crippen LogP) is 9.92. The number of rotatable bonds is 7. The zero-order valence-corrected chi connectivity index (χ0v) is 23.3. The van der Waals surface area contributed by atoms with Crippen LogP contribution >= 0.6 is 46.8 Å². The maximum atomic E-state index is 8.20. The molecule has 0 amide bonds. The first-order valence-electron chi connectivity index (χ1n) is 10.8. The number of unbranched alkanes of at least 4 members (excludes halogenated alkanes) is 5. The summed E-state index contributed by atoms with van der Waals surface area (Å²) in [5, 5.41) is 10.2. The molecular formula is C22H54OS4. The summed E-state index contributed by atoms with van der Waals surface area (Å²) in [6.07, 6.45) is 12.9. The van der Waals surface area contributed by atoms with Gasteiger partial charge in [0.1, 0.15) is 0 Å². The lowest BCUT2D eigenvalue weighted by molar-refractivity contribution is 0.284. The van der Waals surface area contributed by atoms with Crippen molar-refractivity contribution in [2.75, 3.05) is 16.8 Å². The molecule has 0 saturated carbocycles. The molecule has 0 aromatic heterocycles. The van der Waals surface area contributed by atoms with E-state index in [-0.39, 0.29) is 0 Å². The van der Waals surface area contributed by atoms with E-state index >= 15 is 0 Å². The minimum atomic E-state index is 0.355. The molecule has 1 N–H and O–H groups in total. The Bertz CT molecular complexity index is 142. The molecule has 0 unspecified atom stereocenters. The van der Waals surface area contributed by atoms with Crippen molar-refractivity contribution in [1.29, 1.82) is 0 Å². The van der Waals surface area contributed by atoms with Crippen molar-refractivity contribution in [3.63, 3.8) is 0 Å². The highest BCUT2D eigenvalue weighted by atomic mass is 33.2. The third kappa shape index (κ3) is 206. The Labute approximate surface area is 193 Å². The van der Waals surface area contributed by atoms with E-state index in [1.807, 2.05) is 41.5 Å². The molecule has 5 heteroatoms. The van der Waals surface area contributed by atoms with E-state index in [4.69, 9.17) is 5.11 Å². The molecule has 0 spiro atoms. The van der Waals surface area contributed by atoms with Gasteiger partial charge in [-0.15, -0.1) is 6.58 Å². The number of allylic oxidation sites excluding steroid dienone is 1. The lowest BCUT2D eigenvalue weighted by Gasteiger charge is -1.85. The van der Waals surface area contributed by atoms with E-state index in [0.29, 0.717) is 11.7 Å². The second-order valence-electron chi connectivity index (χ2n) is 5.00. The van der Waals surface area contributed by atoms with Crippen molar-refractivity contribution in [2.45, 2.75) is 113 Å². The predicted molar refractivity (Wildman–Crippen MR) is 147 cm³/mol. The van der Waals surface area contributed by atoms with Crippen LogP contribution in [0, 0.1) is 0 Å². The Morgan fingerprint density at radius 1 is 0.778 bits per heavy atom. The van der Waals surface area contributed by atoms with Gasteiger partial charge < -0.3 is 5.11 Å². The third-order valence-electron chi connectivity index (χ3n) is 2.37. The summed E-state index contributed by atoms with van der Waals surface area (Å²) in [5.74, 6) is 0. The van der Waals surface area contributed by atoms with Crippen LogP contribution in [0.15, 0.2) is 12.7 Å². The van der Waals surface area contributed by atoms with Gasteiger partial charge in [-0.1, -0.05) is 128 Å². The average Bonchev–Trinajstić information content (AvgIpc) is 3.59. The van der Waals surface area contributed by atoms with Crippen molar-refractivity contribution in [3.8, 4) is 0 Å². The molecule has 1 aliphatic rings. The van der Waals surface area contributed by atoms with E-state index in [0.717, 1.165) is 19.3 Å². The first kappa shape index (κ1) is 42.3. The number of hydrogen-bond donors (Lipinski definition) is 3. The molecule has 1 saturated heterocycles. The van der Waals surface area contributed by atoms with Crippen LogP contribution in [0.2, 0.25) is 0 Å². The van der Waals surface area contributed by atoms with Crippen LogP contribution in [-0.4, -0.2) is 21.9 Å². The fourth-order valence-corrected chi connectivity index (χ4v) is 0.566. The van der Waals surface area contributed by atoms with Gasteiger partial charge in [0.25, 0.3) is 0 Å². The summed E-state index contributed by atoms with van der Waals surface area (Å²) in [5.41, 5.74) is 0. The maximum Gasteiger partial charge on any atom is 0.0600 e. The van der Waals surface area contributed by atoms with E-state index < -0.39 is 0 Å². The number of aliphatic hydroxyl groups excluding tert-OH is 1. The summed E-state index contributed by atoms with van der Waals surface area (Å²) in [6, 6.07) is 0.